The second-order valence-corrected chi connectivity index (χ2v) is 9.76. The Balaban J connectivity index is 1.46. The first-order valence-corrected chi connectivity index (χ1v) is 12.2. The van der Waals surface area contributed by atoms with Gasteiger partial charge in [0, 0.05) is 42.7 Å². The summed E-state index contributed by atoms with van der Waals surface area (Å²) in [5.41, 5.74) is 4.10. The van der Waals surface area contributed by atoms with Crippen molar-refractivity contribution in [1.82, 2.24) is 29.4 Å². The van der Waals surface area contributed by atoms with E-state index >= 15 is 0 Å². The van der Waals surface area contributed by atoms with Crippen LogP contribution in [0.2, 0.25) is 0 Å². The lowest BCUT2D eigenvalue weighted by molar-refractivity contribution is 0.0948. The molecule has 1 amide bonds. The first-order chi connectivity index (χ1) is 17.3. The van der Waals surface area contributed by atoms with Crippen molar-refractivity contribution in [2.24, 2.45) is 5.92 Å². The second kappa shape index (κ2) is 9.73. The van der Waals surface area contributed by atoms with E-state index in [-0.39, 0.29) is 11.5 Å². The average Bonchev–Trinajstić information content (AvgIpc) is 3.37. The van der Waals surface area contributed by atoms with Gasteiger partial charge in [0.25, 0.3) is 5.91 Å². The van der Waals surface area contributed by atoms with Crippen molar-refractivity contribution in [2.75, 3.05) is 27.7 Å². The Morgan fingerprint density at radius 2 is 2.03 bits per heavy atom. The fourth-order valence-electron chi connectivity index (χ4n) is 4.49. The molecule has 9 heteroatoms. The van der Waals surface area contributed by atoms with Crippen molar-refractivity contribution in [3.63, 3.8) is 0 Å². The van der Waals surface area contributed by atoms with Crippen LogP contribution >= 0.6 is 0 Å². The molecule has 1 aromatic carbocycles. The molecule has 0 saturated heterocycles. The van der Waals surface area contributed by atoms with Gasteiger partial charge >= 0.3 is 0 Å². The molecule has 4 aromatic rings. The molecule has 1 fully saturated rings. The lowest BCUT2D eigenvalue weighted by Gasteiger charge is -2.14. The van der Waals surface area contributed by atoms with Crippen molar-refractivity contribution in [2.45, 2.75) is 32.7 Å². The Morgan fingerprint density at radius 1 is 1.22 bits per heavy atom. The number of carbonyl (C=O) groups excluding carboxylic acids is 1. The first kappa shape index (κ1) is 24.0. The number of ether oxygens (including phenoxy) is 1. The van der Waals surface area contributed by atoms with E-state index in [4.69, 9.17) is 4.74 Å². The number of nitrogens with zero attached hydrogens (tertiary/aromatic N) is 5. The number of halogens is 1. The number of amides is 1. The number of imidazole rings is 1. The van der Waals surface area contributed by atoms with Crippen LogP contribution in [0.4, 0.5) is 4.39 Å². The third kappa shape index (κ3) is 4.83. The van der Waals surface area contributed by atoms with Crippen LogP contribution in [0, 0.1) is 18.7 Å². The number of aromatic nitrogens is 4. The predicted molar refractivity (Wildman–Crippen MR) is 136 cm³/mol. The number of hydrogen-bond donors (Lipinski definition) is 1. The number of carbonyl (C=O) groups is 1. The maximum absolute atomic E-state index is 14.7. The van der Waals surface area contributed by atoms with Crippen molar-refractivity contribution in [3.05, 3.63) is 65.5 Å². The molecule has 0 radical (unpaired) electrons. The summed E-state index contributed by atoms with van der Waals surface area (Å²) in [6, 6.07) is 4.94. The summed E-state index contributed by atoms with van der Waals surface area (Å²) in [5, 5.41) is 7.41. The Kier molecular flexibility index (Phi) is 6.49. The minimum absolute atomic E-state index is 0.0503. The van der Waals surface area contributed by atoms with Crippen LogP contribution in [0.5, 0.6) is 5.75 Å². The molecule has 36 heavy (non-hydrogen) atoms. The molecular formula is C27H31FN6O2. The molecule has 0 unspecified atom stereocenters. The van der Waals surface area contributed by atoms with E-state index in [9.17, 15) is 9.18 Å². The van der Waals surface area contributed by atoms with E-state index in [2.05, 4.69) is 20.3 Å². The summed E-state index contributed by atoms with van der Waals surface area (Å²) in [4.78, 5) is 19.3. The summed E-state index contributed by atoms with van der Waals surface area (Å²) >= 11 is 0. The number of methoxy groups -OCH3 is 1. The van der Waals surface area contributed by atoms with E-state index in [0.29, 0.717) is 19.0 Å². The van der Waals surface area contributed by atoms with Gasteiger partial charge in [-0.25, -0.2) is 14.1 Å². The number of nitrogens with one attached hydrogen (secondary N) is 1. The fourth-order valence-corrected chi connectivity index (χ4v) is 4.49. The van der Waals surface area contributed by atoms with Crippen LogP contribution < -0.4 is 10.1 Å². The molecule has 0 bridgehead atoms. The van der Waals surface area contributed by atoms with Gasteiger partial charge in [-0.3, -0.25) is 9.20 Å². The van der Waals surface area contributed by atoms with Crippen LogP contribution in [-0.4, -0.2) is 57.7 Å². The highest BCUT2D eigenvalue weighted by atomic mass is 19.1. The zero-order chi connectivity index (χ0) is 25.4. The monoisotopic (exact) mass is 490 g/mol. The maximum atomic E-state index is 14.7. The van der Waals surface area contributed by atoms with Crippen LogP contribution in [0.1, 0.15) is 40.7 Å². The molecule has 0 spiro atoms. The van der Waals surface area contributed by atoms with Gasteiger partial charge < -0.3 is 15.0 Å². The Labute approximate surface area is 209 Å². The third-order valence-electron chi connectivity index (χ3n) is 6.60. The van der Waals surface area contributed by atoms with Gasteiger partial charge in [0.2, 0.25) is 0 Å². The van der Waals surface area contributed by atoms with E-state index in [0.717, 1.165) is 45.9 Å². The summed E-state index contributed by atoms with van der Waals surface area (Å²) in [7, 11) is 5.66. The molecule has 3 heterocycles. The molecule has 0 aliphatic heterocycles. The second-order valence-electron chi connectivity index (χ2n) is 9.76. The maximum Gasteiger partial charge on any atom is 0.254 e. The molecule has 1 saturated carbocycles. The zero-order valence-electron chi connectivity index (χ0n) is 21.1. The summed E-state index contributed by atoms with van der Waals surface area (Å²) in [5.74, 6) is 1.34. The van der Waals surface area contributed by atoms with Gasteiger partial charge in [-0.05, 0) is 56.6 Å². The number of benzene rings is 1. The highest BCUT2D eigenvalue weighted by Crippen LogP contribution is 2.32. The van der Waals surface area contributed by atoms with Crippen LogP contribution in [0.25, 0.3) is 22.6 Å². The number of pyridine rings is 1. The third-order valence-corrected chi connectivity index (χ3v) is 6.60. The fraction of sp³-hybridized carbons (Fsp3) is 0.370. The van der Waals surface area contributed by atoms with E-state index in [1.54, 1.807) is 30.3 Å². The number of hydrogen-bond acceptors (Lipinski definition) is 5. The van der Waals surface area contributed by atoms with E-state index < -0.39 is 5.82 Å². The molecule has 1 aliphatic rings. The predicted octanol–water partition coefficient (Wildman–Crippen LogP) is 4.23. The molecule has 0 atom stereocenters. The number of fused-ring (bicyclic) bond motifs is 1. The molecule has 3 aromatic heterocycles. The van der Waals surface area contributed by atoms with E-state index in [1.165, 1.54) is 18.9 Å². The van der Waals surface area contributed by atoms with Gasteiger partial charge in [-0.2, -0.15) is 5.10 Å². The Morgan fingerprint density at radius 3 is 2.75 bits per heavy atom. The largest absolute Gasteiger partial charge is 0.496 e. The summed E-state index contributed by atoms with van der Waals surface area (Å²) < 4.78 is 23.9. The summed E-state index contributed by atoms with van der Waals surface area (Å²) in [6.07, 6.45) is 10.7. The van der Waals surface area contributed by atoms with Crippen molar-refractivity contribution < 1.29 is 13.9 Å². The molecule has 188 valence electrons. The van der Waals surface area contributed by atoms with E-state index in [1.807, 2.05) is 43.9 Å². The van der Waals surface area contributed by atoms with Crippen molar-refractivity contribution in [3.8, 4) is 22.7 Å². The normalized spacial score (nSPS) is 13.5. The van der Waals surface area contributed by atoms with Gasteiger partial charge in [0.05, 0.1) is 25.1 Å². The van der Waals surface area contributed by atoms with Crippen molar-refractivity contribution >= 4 is 11.6 Å². The van der Waals surface area contributed by atoms with Crippen LogP contribution in [-0.2, 0) is 6.54 Å². The topological polar surface area (TPSA) is 76.7 Å². The molecular weight excluding hydrogens is 459 g/mol. The van der Waals surface area contributed by atoms with Gasteiger partial charge in [0.15, 0.2) is 5.82 Å². The van der Waals surface area contributed by atoms with Crippen LogP contribution in [0.3, 0.4) is 0 Å². The quantitative estimate of drug-likeness (QED) is 0.380. The SMILES string of the molecule is COc1cc2ncc(-n3cc(-c4cc(C(=O)NCCC5CC5)c(F)cc4C)cn3)n2cc1CN(C)C. The highest BCUT2D eigenvalue weighted by molar-refractivity contribution is 5.96. The highest BCUT2D eigenvalue weighted by Gasteiger charge is 2.22. The average molecular weight is 491 g/mol. The molecule has 8 nitrogen and oxygen atoms in total. The minimum atomic E-state index is -0.517. The number of aryl methyl sites for hydroxylation is 1. The Bertz CT molecular complexity index is 1420. The lowest BCUT2D eigenvalue weighted by Crippen LogP contribution is -2.25. The Hall–Kier alpha value is -3.72. The first-order valence-electron chi connectivity index (χ1n) is 12.2. The molecule has 5 rings (SSSR count). The standard InChI is InChI=1S/C27H31FN6O2/c1-17-9-23(28)22(27(35)29-8-7-18-5-6-18)10-21(17)19-12-31-34(16-19)26-13-30-25-11-24(36-4)20(14-32(2)3)15-33(25)26/h9-13,15-16,18H,5-8,14H2,1-4H3,(H,29,35). The smallest absolute Gasteiger partial charge is 0.254 e. The lowest BCUT2D eigenvalue weighted by atomic mass is 9.99. The number of rotatable bonds is 9. The summed E-state index contributed by atoms with van der Waals surface area (Å²) in [6.45, 7) is 3.11. The van der Waals surface area contributed by atoms with Gasteiger partial charge in [-0.15, -0.1) is 0 Å². The molecule has 1 N–H and O–H groups in total. The van der Waals surface area contributed by atoms with Gasteiger partial charge in [-0.1, -0.05) is 12.8 Å². The molecule has 1 aliphatic carbocycles. The zero-order valence-corrected chi connectivity index (χ0v) is 21.1. The van der Waals surface area contributed by atoms with Gasteiger partial charge in [0.1, 0.15) is 17.2 Å². The van der Waals surface area contributed by atoms with Crippen molar-refractivity contribution in [1.29, 1.82) is 0 Å². The van der Waals surface area contributed by atoms with Crippen LogP contribution in [0.15, 0.2) is 43.0 Å². The minimum Gasteiger partial charge on any atom is -0.496 e.